The first-order valence-corrected chi connectivity index (χ1v) is 9.99. The van der Waals surface area contributed by atoms with Gasteiger partial charge in [-0.2, -0.15) is 0 Å². The van der Waals surface area contributed by atoms with E-state index in [1.165, 1.54) is 24.4 Å². The normalized spacial score (nSPS) is 10.3. The number of halogens is 2. The fourth-order valence-corrected chi connectivity index (χ4v) is 3.01. The molecule has 0 fully saturated rings. The second-order valence-corrected chi connectivity index (χ2v) is 7.16. The molecule has 1 aromatic heterocycles. The Morgan fingerprint density at radius 3 is 2.60 bits per heavy atom. The van der Waals surface area contributed by atoms with Crippen LogP contribution in [0.1, 0.15) is 22.3 Å². The van der Waals surface area contributed by atoms with E-state index in [0.717, 1.165) is 5.56 Å². The molecule has 0 aliphatic carbocycles. The number of ether oxygens (including phenoxy) is 1. The largest absolute Gasteiger partial charge is 0.437 e. The van der Waals surface area contributed by atoms with E-state index in [1.807, 2.05) is 30.3 Å². The highest BCUT2D eigenvalue weighted by molar-refractivity contribution is 9.10. The number of carbonyl (C=O) groups is 2. The molecule has 0 bridgehead atoms. The van der Waals surface area contributed by atoms with Gasteiger partial charge in [-0.15, -0.1) is 0 Å². The Morgan fingerprint density at radius 2 is 1.83 bits per heavy atom. The van der Waals surface area contributed by atoms with Gasteiger partial charge in [0.1, 0.15) is 17.1 Å². The first kappa shape index (κ1) is 21.4. The number of amides is 2. The molecule has 2 amide bonds. The number of rotatable bonds is 8. The molecule has 3 rings (SSSR count). The molecule has 0 aliphatic rings. The van der Waals surface area contributed by atoms with Gasteiger partial charge >= 0.3 is 0 Å². The van der Waals surface area contributed by atoms with Crippen molar-refractivity contribution in [1.82, 2.24) is 15.6 Å². The zero-order chi connectivity index (χ0) is 21.3. The van der Waals surface area contributed by atoms with Crippen molar-refractivity contribution in [2.45, 2.75) is 13.0 Å². The second-order valence-electron chi connectivity index (χ2n) is 6.30. The van der Waals surface area contributed by atoms with Crippen LogP contribution >= 0.6 is 15.9 Å². The topological polar surface area (TPSA) is 80.3 Å². The smallest absolute Gasteiger partial charge is 0.256 e. The van der Waals surface area contributed by atoms with Crippen LogP contribution in [0.25, 0.3) is 0 Å². The molecule has 0 atom stereocenters. The van der Waals surface area contributed by atoms with Crippen LogP contribution in [0.3, 0.4) is 0 Å². The summed E-state index contributed by atoms with van der Waals surface area (Å²) in [5, 5.41) is 5.49. The predicted octanol–water partition coefficient (Wildman–Crippen LogP) is 4.21. The molecular weight excluding hydrogens is 453 g/mol. The monoisotopic (exact) mass is 471 g/mol. The van der Waals surface area contributed by atoms with Gasteiger partial charge < -0.3 is 15.4 Å². The Labute approximate surface area is 181 Å². The lowest BCUT2D eigenvalue weighted by atomic mass is 10.2. The zero-order valence-electron chi connectivity index (χ0n) is 15.9. The van der Waals surface area contributed by atoms with Crippen LogP contribution in [0.4, 0.5) is 4.39 Å². The lowest BCUT2D eigenvalue weighted by Gasteiger charge is -2.11. The Balaban J connectivity index is 1.53. The third-order valence-electron chi connectivity index (χ3n) is 4.09. The van der Waals surface area contributed by atoms with Gasteiger partial charge in [0.25, 0.3) is 5.91 Å². The average molecular weight is 472 g/mol. The zero-order valence-corrected chi connectivity index (χ0v) is 17.5. The summed E-state index contributed by atoms with van der Waals surface area (Å²) < 4.78 is 19.3. The number of carbonyl (C=O) groups excluding carboxylic acids is 2. The minimum atomic E-state index is -0.424. The maximum Gasteiger partial charge on any atom is 0.256 e. The summed E-state index contributed by atoms with van der Waals surface area (Å²) in [6.07, 6.45) is 1.62. The van der Waals surface area contributed by atoms with E-state index in [-0.39, 0.29) is 30.3 Å². The Morgan fingerprint density at radius 1 is 1.03 bits per heavy atom. The van der Waals surface area contributed by atoms with Crippen molar-refractivity contribution in [2.24, 2.45) is 0 Å². The molecule has 2 N–H and O–H groups in total. The Kier molecular flexibility index (Phi) is 7.51. The summed E-state index contributed by atoms with van der Waals surface area (Å²) >= 11 is 3.22. The number of hydrogen-bond acceptors (Lipinski definition) is 4. The molecule has 0 unspecified atom stereocenters. The van der Waals surface area contributed by atoms with E-state index in [0.29, 0.717) is 16.8 Å². The molecule has 0 radical (unpaired) electrons. The molecular formula is C22H19BrFN3O3. The number of aromatic nitrogens is 1. The van der Waals surface area contributed by atoms with E-state index in [9.17, 15) is 14.0 Å². The van der Waals surface area contributed by atoms with Gasteiger partial charge in [0, 0.05) is 25.7 Å². The van der Waals surface area contributed by atoms with Crippen LogP contribution in [-0.4, -0.2) is 23.3 Å². The molecule has 154 valence electrons. The van der Waals surface area contributed by atoms with E-state index in [1.54, 1.807) is 12.1 Å². The number of pyridine rings is 1. The lowest BCUT2D eigenvalue weighted by molar-refractivity contribution is -0.121. The van der Waals surface area contributed by atoms with Crippen LogP contribution in [0.5, 0.6) is 11.6 Å². The van der Waals surface area contributed by atoms with E-state index in [4.69, 9.17) is 4.74 Å². The third kappa shape index (κ3) is 6.12. The molecule has 0 aliphatic heterocycles. The number of hydrogen-bond donors (Lipinski definition) is 2. The highest BCUT2D eigenvalue weighted by Crippen LogP contribution is 2.30. The molecule has 1 heterocycles. The summed E-state index contributed by atoms with van der Waals surface area (Å²) in [4.78, 5) is 28.6. The van der Waals surface area contributed by atoms with Crippen LogP contribution in [0, 0.1) is 5.82 Å². The van der Waals surface area contributed by atoms with Gasteiger partial charge in [0.05, 0.1) is 4.47 Å². The number of nitrogens with zero attached hydrogens (tertiary/aromatic N) is 1. The lowest BCUT2D eigenvalue weighted by Crippen LogP contribution is -2.30. The summed E-state index contributed by atoms with van der Waals surface area (Å²) in [6, 6.07) is 16.7. The highest BCUT2D eigenvalue weighted by atomic mass is 79.9. The molecule has 0 saturated heterocycles. The highest BCUT2D eigenvalue weighted by Gasteiger charge is 2.15. The first-order valence-electron chi connectivity index (χ1n) is 9.19. The molecule has 3 aromatic rings. The van der Waals surface area contributed by atoms with Gasteiger partial charge in [0.15, 0.2) is 0 Å². The summed E-state index contributed by atoms with van der Waals surface area (Å²) in [7, 11) is 0. The standard InChI is InChI=1S/C22H19BrFN3O3/c23-18-13-16(24)8-9-19(18)30-22-17(7-4-11-26-22)21(29)25-12-10-20(28)27-14-15-5-2-1-3-6-15/h1-9,11,13H,10,12,14H2,(H,25,29)(H,27,28). The minimum Gasteiger partial charge on any atom is -0.437 e. The second kappa shape index (κ2) is 10.5. The molecule has 8 heteroatoms. The van der Waals surface area contributed by atoms with Gasteiger partial charge in [-0.05, 0) is 51.8 Å². The van der Waals surface area contributed by atoms with Crippen LogP contribution in [0.2, 0.25) is 0 Å². The van der Waals surface area contributed by atoms with Crippen molar-refractivity contribution < 1.29 is 18.7 Å². The van der Waals surface area contributed by atoms with Crippen molar-refractivity contribution in [3.63, 3.8) is 0 Å². The molecule has 6 nitrogen and oxygen atoms in total. The van der Waals surface area contributed by atoms with E-state index < -0.39 is 11.7 Å². The molecule has 0 saturated carbocycles. The maximum absolute atomic E-state index is 13.3. The maximum atomic E-state index is 13.3. The van der Waals surface area contributed by atoms with Crippen molar-refractivity contribution in [1.29, 1.82) is 0 Å². The van der Waals surface area contributed by atoms with Crippen molar-refractivity contribution in [3.05, 3.63) is 88.3 Å². The third-order valence-corrected chi connectivity index (χ3v) is 4.71. The first-order chi connectivity index (χ1) is 14.5. The van der Waals surface area contributed by atoms with Gasteiger partial charge in [-0.1, -0.05) is 30.3 Å². The van der Waals surface area contributed by atoms with Crippen LogP contribution < -0.4 is 15.4 Å². The fourth-order valence-electron chi connectivity index (χ4n) is 2.58. The summed E-state index contributed by atoms with van der Waals surface area (Å²) in [5.41, 5.74) is 1.21. The van der Waals surface area contributed by atoms with Gasteiger partial charge in [-0.25, -0.2) is 9.37 Å². The van der Waals surface area contributed by atoms with Crippen molar-refractivity contribution in [3.8, 4) is 11.6 Å². The van der Waals surface area contributed by atoms with Crippen LogP contribution in [-0.2, 0) is 11.3 Å². The quantitative estimate of drug-likeness (QED) is 0.515. The Bertz CT molecular complexity index is 1030. The summed E-state index contributed by atoms with van der Waals surface area (Å²) in [6.45, 7) is 0.592. The molecule has 30 heavy (non-hydrogen) atoms. The molecule has 0 spiro atoms. The average Bonchev–Trinajstić information content (AvgIpc) is 2.75. The SMILES string of the molecule is O=C(CCNC(=O)c1cccnc1Oc1ccc(F)cc1Br)NCc1ccccc1. The van der Waals surface area contributed by atoms with E-state index in [2.05, 4.69) is 31.5 Å². The molecule has 2 aromatic carbocycles. The minimum absolute atomic E-state index is 0.0795. The van der Waals surface area contributed by atoms with E-state index >= 15 is 0 Å². The fraction of sp³-hybridized carbons (Fsp3) is 0.136. The van der Waals surface area contributed by atoms with Gasteiger partial charge in [-0.3, -0.25) is 9.59 Å². The van der Waals surface area contributed by atoms with Crippen molar-refractivity contribution in [2.75, 3.05) is 6.54 Å². The number of benzene rings is 2. The Hall–Kier alpha value is -3.26. The predicted molar refractivity (Wildman–Crippen MR) is 114 cm³/mol. The summed E-state index contributed by atoms with van der Waals surface area (Å²) in [5.74, 6) is -0.608. The van der Waals surface area contributed by atoms with Crippen molar-refractivity contribution >= 4 is 27.7 Å². The van der Waals surface area contributed by atoms with Gasteiger partial charge in [0.2, 0.25) is 11.8 Å². The number of nitrogens with one attached hydrogen (secondary N) is 2. The van der Waals surface area contributed by atoms with Crippen LogP contribution in [0.15, 0.2) is 71.3 Å².